The van der Waals surface area contributed by atoms with Gasteiger partial charge in [0, 0.05) is 5.56 Å². The second-order valence-corrected chi connectivity index (χ2v) is 6.05. The van der Waals surface area contributed by atoms with E-state index in [0.29, 0.717) is 11.1 Å². The number of aryl methyl sites for hydroxylation is 1. The first-order valence-electron chi connectivity index (χ1n) is 8.13. The second kappa shape index (κ2) is 6.39. The van der Waals surface area contributed by atoms with Crippen molar-refractivity contribution in [3.05, 3.63) is 65.9 Å². The third-order valence-electron chi connectivity index (χ3n) is 3.98. The Kier molecular flexibility index (Phi) is 4.02. The topological polar surface area (TPSA) is 66.5 Å². The minimum atomic E-state index is -4.59. The molecule has 2 N–H and O–H groups in total. The lowest BCUT2D eigenvalue weighted by atomic mass is 10.1. The lowest BCUT2D eigenvalue weighted by Crippen LogP contribution is -2.11. The van der Waals surface area contributed by atoms with E-state index in [4.69, 9.17) is 0 Å². The van der Waals surface area contributed by atoms with Gasteiger partial charge in [-0.05, 0) is 25.1 Å². The Hall–Kier alpha value is -3.42. The lowest BCUT2D eigenvalue weighted by molar-refractivity contribution is -0.141. The molecule has 0 unspecified atom stereocenters. The van der Waals surface area contributed by atoms with Gasteiger partial charge >= 0.3 is 6.18 Å². The van der Waals surface area contributed by atoms with Gasteiger partial charge in [-0.25, -0.2) is 15.0 Å². The van der Waals surface area contributed by atoms with E-state index in [9.17, 15) is 13.2 Å². The number of hydrogen-bond acceptors (Lipinski definition) is 4. The first-order valence-corrected chi connectivity index (χ1v) is 8.13. The number of imidazole rings is 1. The summed E-state index contributed by atoms with van der Waals surface area (Å²) >= 11 is 0. The average Bonchev–Trinajstić information content (AvgIpc) is 3.03. The number of fused-ring (bicyclic) bond motifs is 1. The van der Waals surface area contributed by atoms with Crippen LogP contribution in [-0.2, 0) is 6.18 Å². The van der Waals surface area contributed by atoms with Crippen molar-refractivity contribution in [2.45, 2.75) is 13.1 Å². The van der Waals surface area contributed by atoms with E-state index in [1.54, 1.807) is 18.2 Å². The minimum absolute atomic E-state index is 0.177. The summed E-state index contributed by atoms with van der Waals surface area (Å²) in [6, 6.07) is 15.3. The Balaban J connectivity index is 1.76. The minimum Gasteiger partial charge on any atom is -0.324 e. The smallest absolute Gasteiger partial charge is 0.324 e. The highest BCUT2D eigenvalue weighted by molar-refractivity contribution is 5.78. The van der Waals surface area contributed by atoms with Crippen molar-refractivity contribution >= 4 is 22.9 Å². The molecule has 2 aromatic carbocycles. The molecule has 27 heavy (non-hydrogen) atoms. The molecule has 0 aliphatic rings. The second-order valence-electron chi connectivity index (χ2n) is 6.05. The van der Waals surface area contributed by atoms with Gasteiger partial charge in [0.25, 0.3) is 0 Å². The van der Waals surface area contributed by atoms with E-state index < -0.39 is 11.9 Å². The lowest BCUT2D eigenvalue weighted by Gasteiger charge is -2.11. The Morgan fingerprint density at radius 2 is 1.67 bits per heavy atom. The zero-order valence-corrected chi connectivity index (χ0v) is 14.2. The Labute approximate surface area is 152 Å². The molecule has 0 aliphatic carbocycles. The van der Waals surface area contributed by atoms with Crippen LogP contribution < -0.4 is 5.32 Å². The summed E-state index contributed by atoms with van der Waals surface area (Å²) in [6.45, 7) is 1.90. The summed E-state index contributed by atoms with van der Waals surface area (Å²) < 4.78 is 39.9. The molecule has 0 fully saturated rings. The first-order chi connectivity index (χ1) is 12.9. The first kappa shape index (κ1) is 17.0. The van der Waals surface area contributed by atoms with Gasteiger partial charge in [-0.2, -0.15) is 13.2 Å². The fourth-order valence-corrected chi connectivity index (χ4v) is 2.64. The van der Waals surface area contributed by atoms with Gasteiger partial charge < -0.3 is 4.98 Å². The molecule has 0 saturated heterocycles. The summed E-state index contributed by atoms with van der Waals surface area (Å²) in [5, 5.41) is 2.74. The van der Waals surface area contributed by atoms with E-state index in [-0.39, 0.29) is 17.6 Å². The molecule has 0 saturated carbocycles. The highest BCUT2D eigenvalue weighted by Gasteiger charge is 2.34. The normalized spacial score (nSPS) is 11.7. The number of para-hydroxylation sites is 2. The van der Waals surface area contributed by atoms with Crippen molar-refractivity contribution in [2.24, 2.45) is 0 Å². The summed E-state index contributed by atoms with van der Waals surface area (Å²) in [5.74, 6) is 0.0878. The number of anilines is 2. The predicted octanol–water partition coefficient (Wildman–Crippen LogP) is 5.09. The standard InChI is InChI=1S/C19H14F3N5/c1-11-6-8-12(9-7-11)15-10-16(19(20,21)22)26-18(25-15)27-17-23-13-4-2-3-5-14(13)24-17/h2-10H,1H3,(H2,23,24,25,26,27). The average molecular weight is 369 g/mol. The zero-order chi connectivity index (χ0) is 19.0. The number of rotatable bonds is 3. The molecule has 0 amide bonds. The molecule has 2 aromatic heterocycles. The van der Waals surface area contributed by atoms with Crippen LogP contribution in [0.4, 0.5) is 25.1 Å². The third kappa shape index (κ3) is 3.59. The van der Waals surface area contributed by atoms with Crippen LogP contribution in [-0.4, -0.2) is 19.9 Å². The van der Waals surface area contributed by atoms with E-state index in [1.807, 2.05) is 37.3 Å². The van der Waals surface area contributed by atoms with Gasteiger partial charge in [0.1, 0.15) is 0 Å². The maximum absolute atomic E-state index is 13.3. The van der Waals surface area contributed by atoms with Crippen LogP contribution in [0.15, 0.2) is 54.6 Å². The largest absolute Gasteiger partial charge is 0.433 e. The molecule has 0 radical (unpaired) electrons. The van der Waals surface area contributed by atoms with E-state index in [0.717, 1.165) is 17.1 Å². The number of hydrogen-bond donors (Lipinski definition) is 2. The highest BCUT2D eigenvalue weighted by atomic mass is 19.4. The molecule has 136 valence electrons. The fraction of sp³-hybridized carbons (Fsp3) is 0.105. The Morgan fingerprint density at radius 3 is 2.37 bits per heavy atom. The van der Waals surface area contributed by atoms with E-state index >= 15 is 0 Å². The van der Waals surface area contributed by atoms with E-state index in [2.05, 4.69) is 25.3 Å². The fourth-order valence-electron chi connectivity index (χ4n) is 2.64. The van der Waals surface area contributed by atoms with Crippen LogP contribution in [0.5, 0.6) is 0 Å². The Bertz CT molecular complexity index is 1070. The number of benzene rings is 2. The van der Waals surface area contributed by atoms with Crippen molar-refractivity contribution in [1.82, 2.24) is 19.9 Å². The summed E-state index contributed by atoms with van der Waals surface area (Å²) in [4.78, 5) is 15.1. The van der Waals surface area contributed by atoms with Crippen molar-refractivity contribution < 1.29 is 13.2 Å². The van der Waals surface area contributed by atoms with Crippen molar-refractivity contribution in [3.8, 4) is 11.3 Å². The molecular formula is C19H14F3N5. The molecule has 2 heterocycles. The van der Waals surface area contributed by atoms with Gasteiger partial charge in [-0.3, -0.25) is 5.32 Å². The molecule has 4 rings (SSSR count). The van der Waals surface area contributed by atoms with Crippen LogP contribution in [0.3, 0.4) is 0 Å². The molecule has 8 heteroatoms. The predicted molar refractivity (Wildman–Crippen MR) is 96.6 cm³/mol. The van der Waals surface area contributed by atoms with E-state index in [1.165, 1.54) is 0 Å². The van der Waals surface area contributed by atoms with Crippen molar-refractivity contribution in [2.75, 3.05) is 5.32 Å². The summed E-state index contributed by atoms with van der Waals surface area (Å²) in [6.07, 6.45) is -4.59. The SMILES string of the molecule is Cc1ccc(-c2cc(C(F)(F)F)nc(Nc3nc4ccccc4[nH]3)n2)cc1. The third-order valence-corrected chi connectivity index (χ3v) is 3.98. The maximum Gasteiger partial charge on any atom is 0.433 e. The molecule has 4 aromatic rings. The molecular weight excluding hydrogens is 355 g/mol. The van der Waals surface area contributed by atoms with Crippen LogP contribution in [0.1, 0.15) is 11.3 Å². The number of nitrogens with one attached hydrogen (secondary N) is 2. The van der Waals surface area contributed by atoms with Gasteiger partial charge in [-0.1, -0.05) is 42.0 Å². The number of nitrogens with zero attached hydrogens (tertiary/aromatic N) is 3. The van der Waals surface area contributed by atoms with Crippen LogP contribution in [0.25, 0.3) is 22.3 Å². The number of halogens is 3. The molecule has 5 nitrogen and oxygen atoms in total. The van der Waals surface area contributed by atoms with Gasteiger partial charge in [0.15, 0.2) is 5.69 Å². The van der Waals surface area contributed by atoms with Gasteiger partial charge in [0.05, 0.1) is 16.7 Å². The number of alkyl halides is 3. The number of H-pyrrole nitrogens is 1. The Morgan fingerprint density at radius 1 is 0.926 bits per heavy atom. The monoisotopic (exact) mass is 369 g/mol. The van der Waals surface area contributed by atoms with Crippen LogP contribution in [0.2, 0.25) is 0 Å². The maximum atomic E-state index is 13.3. The molecule has 0 bridgehead atoms. The van der Waals surface area contributed by atoms with Crippen molar-refractivity contribution in [1.29, 1.82) is 0 Å². The number of aromatic nitrogens is 4. The quantitative estimate of drug-likeness (QED) is 0.528. The highest BCUT2D eigenvalue weighted by Crippen LogP contribution is 2.31. The van der Waals surface area contributed by atoms with Gasteiger partial charge in [-0.15, -0.1) is 0 Å². The van der Waals surface area contributed by atoms with Gasteiger partial charge in [0.2, 0.25) is 11.9 Å². The summed E-state index contributed by atoms with van der Waals surface area (Å²) in [7, 11) is 0. The molecule has 0 atom stereocenters. The zero-order valence-electron chi connectivity index (χ0n) is 14.2. The summed E-state index contributed by atoms with van der Waals surface area (Å²) in [5.41, 5.74) is 2.17. The molecule has 0 aliphatic heterocycles. The van der Waals surface area contributed by atoms with Crippen molar-refractivity contribution in [3.63, 3.8) is 0 Å². The molecule has 0 spiro atoms. The number of aromatic amines is 1. The van der Waals surface area contributed by atoms with Crippen LogP contribution >= 0.6 is 0 Å². The van der Waals surface area contributed by atoms with Crippen LogP contribution in [0, 0.1) is 6.92 Å².